The SMILES string of the molecule is CC(C)(C)OC(=O)COC(=O)C1C2CC(C3CCCC32)C1C(=O)O. The Morgan fingerprint density at radius 2 is 1.58 bits per heavy atom. The molecule has 3 rings (SSSR count). The Morgan fingerprint density at radius 1 is 1.00 bits per heavy atom. The Hall–Kier alpha value is -1.59. The number of hydrogen-bond acceptors (Lipinski definition) is 5. The van der Waals surface area contributed by atoms with E-state index in [4.69, 9.17) is 9.47 Å². The number of carboxylic acids is 1. The van der Waals surface area contributed by atoms with E-state index < -0.39 is 42.0 Å². The van der Waals surface area contributed by atoms with Crippen LogP contribution < -0.4 is 0 Å². The predicted molar refractivity (Wildman–Crippen MR) is 83.8 cm³/mol. The van der Waals surface area contributed by atoms with Crippen LogP contribution in [0.15, 0.2) is 0 Å². The van der Waals surface area contributed by atoms with Crippen molar-refractivity contribution in [3.05, 3.63) is 0 Å². The summed E-state index contributed by atoms with van der Waals surface area (Å²) in [5, 5.41) is 9.61. The van der Waals surface area contributed by atoms with Crippen LogP contribution in [-0.4, -0.2) is 35.2 Å². The molecule has 0 aromatic heterocycles. The van der Waals surface area contributed by atoms with Gasteiger partial charge < -0.3 is 14.6 Å². The Labute approximate surface area is 141 Å². The van der Waals surface area contributed by atoms with Crippen LogP contribution in [0.5, 0.6) is 0 Å². The van der Waals surface area contributed by atoms with Crippen LogP contribution in [0.4, 0.5) is 0 Å². The zero-order valence-corrected chi connectivity index (χ0v) is 14.5. The molecule has 3 saturated carbocycles. The van der Waals surface area contributed by atoms with Crippen LogP contribution in [0.1, 0.15) is 46.5 Å². The zero-order valence-electron chi connectivity index (χ0n) is 14.5. The molecule has 0 aromatic carbocycles. The number of carbonyl (C=O) groups is 3. The molecule has 3 aliphatic carbocycles. The largest absolute Gasteiger partial charge is 0.481 e. The summed E-state index contributed by atoms with van der Waals surface area (Å²) < 4.78 is 10.3. The first-order chi connectivity index (χ1) is 11.2. The van der Waals surface area contributed by atoms with Gasteiger partial charge in [-0.2, -0.15) is 0 Å². The third-order valence-corrected chi connectivity index (χ3v) is 5.89. The first-order valence-corrected chi connectivity index (χ1v) is 8.80. The average Bonchev–Trinajstić information content (AvgIpc) is 3.12. The fourth-order valence-corrected chi connectivity index (χ4v) is 5.36. The summed E-state index contributed by atoms with van der Waals surface area (Å²) in [5.74, 6) is -2.28. The summed E-state index contributed by atoms with van der Waals surface area (Å²) in [6.07, 6.45) is 4.08. The van der Waals surface area contributed by atoms with Crippen LogP contribution in [0.25, 0.3) is 0 Å². The number of ether oxygens (including phenoxy) is 2. The molecule has 3 aliphatic rings. The van der Waals surface area contributed by atoms with Crippen molar-refractivity contribution in [2.24, 2.45) is 35.5 Å². The molecule has 0 aromatic rings. The Balaban J connectivity index is 1.65. The molecule has 0 aliphatic heterocycles. The molecular weight excluding hydrogens is 312 g/mol. The van der Waals surface area contributed by atoms with Gasteiger partial charge in [0.05, 0.1) is 11.8 Å². The van der Waals surface area contributed by atoms with Gasteiger partial charge in [-0.25, -0.2) is 4.79 Å². The monoisotopic (exact) mass is 338 g/mol. The summed E-state index contributed by atoms with van der Waals surface area (Å²) in [7, 11) is 0. The summed E-state index contributed by atoms with van der Waals surface area (Å²) in [4.78, 5) is 36.0. The van der Waals surface area contributed by atoms with E-state index in [1.165, 1.54) is 0 Å². The first kappa shape index (κ1) is 17.2. The molecule has 3 fully saturated rings. The van der Waals surface area contributed by atoms with Crippen LogP contribution >= 0.6 is 0 Å². The number of carboxylic acid groups (broad SMARTS) is 1. The topological polar surface area (TPSA) is 89.9 Å². The van der Waals surface area contributed by atoms with Crippen LogP contribution in [0.2, 0.25) is 0 Å². The third-order valence-electron chi connectivity index (χ3n) is 5.89. The molecule has 0 amide bonds. The minimum atomic E-state index is -0.910. The fraction of sp³-hybridized carbons (Fsp3) is 0.833. The number of fused-ring (bicyclic) bond motifs is 5. The Bertz CT molecular complexity index is 548. The maximum absolute atomic E-state index is 12.5. The maximum atomic E-state index is 12.5. The normalized spacial score (nSPS) is 37.1. The van der Waals surface area contributed by atoms with Gasteiger partial charge in [0.2, 0.25) is 0 Å². The van der Waals surface area contributed by atoms with Crippen molar-refractivity contribution >= 4 is 17.9 Å². The Kier molecular flexibility index (Phi) is 4.34. The van der Waals surface area contributed by atoms with Crippen molar-refractivity contribution < 1.29 is 29.0 Å². The van der Waals surface area contributed by atoms with E-state index in [1.807, 2.05) is 0 Å². The first-order valence-electron chi connectivity index (χ1n) is 8.80. The second kappa shape index (κ2) is 6.05. The van der Waals surface area contributed by atoms with Crippen molar-refractivity contribution in [2.75, 3.05) is 6.61 Å². The molecule has 134 valence electrons. The van der Waals surface area contributed by atoms with Crippen LogP contribution in [-0.2, 0) is 23.9 Å². The standard InChI is InChI=1S/C18H26O6/c1-18(2,3)24-13(19)8-23-17(22)15-12-7-11(14(15)16(20)21)9-5-4-6-10(9)12/h9-12,14-15H,4-8H2,1-3H3,(H,20,21). The van der Waals surface area contributed by atoms with E-state index >= 15 is 0 Å². The third kappa shape index (κ3) is 3.03. The molecule has 0 spiro atoms. The highest BCUT2D eigenvalue weighted by Crippen LogP contribution is 2.63. The summed E-state index contributed by atoms with van der Waals surface area (Å²) >= 11 is 0. The molecule has 6 atom stereocenters. The predicted octanol–water partition coefficient (Wildman–Crippen LogP) is 2.25. The molecule has 24 heavy (non-hydrogen) atoms. The molecule has 1 N–H and O–H groups in total. The molecule has 6 nitrogen and oxygen atoms in total. The van der Waals surface area contributed by atoms with Gasteiger partial charge in [0, 0.05) is 0 Å². The highest BCUT2D eigenvalue weighted by molar-refractivity contribution is 5.84. The minimum absolute atomic E-state index is 0.0825. The van der Waals surface area contributed by atoms with E-state index in [2.05, 4.69) is 0 Å². The fourth-order valence-electron chi connectivity index (χ4n) is 5.36. The van der Waals surface area contributed by atoms with Gasteiger partial charge in [0.15, 0.2) is 6.61 Å². The van der Waals surface area contributed by atoms with Crippen molar-refractivity contribution in [1.29, 1.82) is 0 Å². The van der Waals surface area contributed by atoms with E-state index in [0.29, 0.717) is 11.8 Å². The number of esters is 2. The van der Waals surface area contributed by atoms with Gasteiger partial charge in [-0.1, -0.05) is 6.42 Å². The zero-order chi connectivity index (χ0) is 17.6. The van der Waals surface area contributed by atoms with Gasteiger partial charge in [-0.15, -0.1) is 0 Å². The van der Waals surface area contributed by atoms with E-state index in [-0.39, 0.29) is 11.8 Å². The van der Waals surface area contributed by atoms with E-state index in [1.54, 1.807) is 20.8 Å². The van der Waals surface area contributed by atoms with Crippen LogP contribution in [0.3, 0.4) is 0 Å². The molecule has 0 radical (unpaired) electrons. The van der Waals surface area contributed by atoms with Crippen molar-refractivity contribution in [3.8, 4) is 0 Å². The molecular formula is C18H26O6. The number of aliphatic carboxylic acids is 1. The van der Waals surface area contributed by atoms with Gasteiger partial charge in [-0.05, 0) is 63.7 Å². The highest BCUT2D eigenvalue weighted by Gasteiger charge is 2.63. The smallest absolute Gasteiger partial charge is 0.344 e. The maximum Gasteiger partial charge on any atom is 0.344 e. The molecule has 6 heteroatoms. The summed E-state index contributed by atoms with van der Waals surface area (Å²) in [5.41, 5.74) is -0.642. The second-order valence-electron chi connectivity index (χ2n) is 8.41. The number of rotatable bonds is 4. The summed E-state index contributed by atoms with van der Waals surface area (Å²) in [6.45, 7) is 4.76. The molecule has 0 heterocycles. The highest BCUT2D eigenvalue weighted by atomic mass is 16.6. The lowest BCUT2D eigenvalue weighted by atomic mass is 9.69. The number of hydrogen-bond donors (Lipinski definition) is 1. The van der Waals surface area contributed by atoms with Crippen molar-refractivity contribution in [2.45, 2.75) is 52.1 Å². The quantitative estimate of drug-likeness (QED) is 0.791. The average molecular weight is 338 g/mol. The molecule has 2 bridgehead atoms. The van der Waals surface area contributed by atoms with Crippen LogP contribution in [0, 0.1) is 35.5 Å². The van der Waals surface area contributed by atoms with Crippen molar-refractivity contribution in [1.82, 2.24) is 0 Å². The molecule has 6 unspecified atom stereocenters. The lowest BCUT2D eigenvalue weighted by Crippen LogP contribution is -2.42. The van der Waals surface area contributed by atoms with Gasteiger partial charge >= 0.3 is 17.9 Å². The van der Waals surface area contributed by atoms with E-state index in [9.17, 15) is 19.5 Å². The van der Waals surface area contributed by atoms with Gasteiger partial charge in [0.1, 0.15) is 5.60 Å². The number of carbonyl (C=O) groups excluding carboxylic acids is 2. The second-order valence-corrected chi connectivity index (χ2v) is 8.41. The van der Waals surface area contributed by atoms with E-state index in [0.717, 1.165) is 25.7 Å². The lowest BCUT2D eigenvalue weighted by Gasteiger charge is -2.34. The lowest BCUT2D eigenvalue weighted by molar-refractivity contribution is -0.172. The van der Waals surface area contributed by atoms with Gasteiger partial charge in [0.25, 0.3) is 0 Å². The van der Waals surface area contributed by atoms with Crippen molar-refractivity contribution in [3.63, 3.8) is 0 Å². The van der Waals surface area contributed by atoms with Gasteiger partial charge in [-0.3, -0.25) is 9.59 Å². The Morgan fingerprint density at radius 3 is 2.12 bits per heavy atom. The molecule has 0 saturated heterocycles. The minimum Gasteiger partial charge on any atom is -0.481 e. The summed E-state index contributed by atoms with van der Waals surface area (Å²) in [6, 6.07) is 0.